The molecule has 0 aromatic rings. The zero-order valence-electron chi connectivity index (χ0n) is 6.77. The van der Waals surface area contributed by atoms with Crippen LogP contribution in [0.4, 0.5) is 0 Å². The van der Waals surface area contributed by atoms with Crippen molar-refractivity contribution < 1.29 is 18.8 Å². The quantitative estimate of drug-likeness (QED) is 0.310. The zero-order chi connectivity index (χ0) is 8.77. The van der Waals surface area contributed by atoms with Crippen LogP contribution in [0.2, 0.25) is 0 Å². The Hall–Kier alpha value is 0.255. The van der Waals surface area contributed by atoms with E-state index in [1.54, 1.807) is 0 Å². The third-order valence-corrected chi connectivity index (χ3v) is 2.83. The molecule has 2 aliphatic rings. The minimum atomic E-state index is -0.675. The molecule has 4 atom stereocenters. The minimum absolute atomic E-state index is 0.0250. The van der Waals surface area contributed by atoms with Crippen LogP contribution in [0.25, 0.3) is 0 Å². The van der Waals surface area contributed by atoms with E-state index in [1.165, 1.54) is 0 Å². The molecule has 0 aliphatic carbocycles. The fraction of sp³-hybridized carbons (Fsp3) is 1.00. The van der Waals surface area contributed by atoms with Crippen LogP contribution in [-0.2, 0) is 13.7 Å². The van der Waals surface area contributed by atoms with Gasteiger partial charge in [-0.25, -0.2) is 0 Å². The topological polar surface area (TPSA) is 47.9 Å². The summed E-state index contributed by atoms with van der Waals surface area (Å²) in [5.41, 5.74) is -0.675. The Morgan fingerprint density at radius 1 is 1.75 bits per heavy atom. The summed E-state index contributed by atoms with van der Waals surface area (Å²) in [6, 6.07) is -0.0250. The highest BCUT2D eigenvalue weighted by Crippen LogP contribution is 2.40. The Morgan fingerprint density at radius 3 is 2.92 bits per heavy atom. The molecular weight excluding hydrogens is 179 g/mol. The van der Waals surface area contributed by atoms with E-state index >= 15 is 0 Å². The highest BCUT2D eigenvalue weighted by molar-refractivity contribution is 7.75. The monoisotopic (exact) mass is 190 g/mol. The van der Waals surface area contributed by atoms with Crippen LogP contribution in [0, 0.1) is 0 Å². The van der Waals surface area contributed by atoms with Gasteiger partial charge in [0, 0.05) is 0 Å². The second-order valence-electron chi connectivity index (χ2n) is 3.35. The average Bonchev–Trinajstić information content (AvgIpc) is 2.56. The molecule has 0 aromatic carbocycles. The van der Waals surface area contributed by atoms with Gasteiger partial charge in [0.15, 0.2) is 0 Å². The van der Waals surface area contributed by atoms with E-state index < -0.39 is 5.60 Å². The lowest BCUT2D eigenvalue weighted by molar-refractivity contribution is -0.134. The Bertz CT molecular complexity index is 192. The lowest BCUT2D eigenvalue weighted by atomic mass is 9.92. The molecule has 0 spiro atoms. The van der Waals surface area contributed by atoms with Gasteiger partial charge >= 0.3 is 0 Å². The SMILES string of the molecule is B[C@@H]1O[C@@]2(CO)COC1C2OS. The molecule has 12 heavy (non-hydrogen) atoms. The lowest BCUT2D eigenvalue weighted by Crippen LogP contribution is -2.44. The molecular formula is C6H11BO4S. The zero-order valence-corrected chi connectivity index (χ0v) is 7.66. The Morgan fingerprint density at radius 2 is 2.50 bits per heavy atom. The van der Waals surface area contributed by atoms with Crippen LogP contribution in [0.15, 0.2) is 0 Å². The van der Waals surface area contributed by atoms with Gasteiger partial charge in [0.25, 0.3) is 0 Å². The van der Waals surface area contributed by atoms with Crippen molar-refractivity contribution in [1.82, 2.24) is 0 Å². The molecule has 2 rings (SSSR count). The Balaban J connectivity index is 2.23. The number of ether oxygens (including phenoxy) is 2. The normalized spacial score (nSPS) is 51.7. The Kier molecular flexibility index (Phi) is 2.12. The summed E-state index contributed by atoms with van der Waals surface area (Å²) < 4.78 is 15.9. The van der Waals surface area contributed by atoms with Crippen molar-refractivity contribution in [2.75, 3.05) is 13.2 Å². The largest absolute Gasteiger partial charge is 0.393 e. The summed E-state index contributed by atoms with van der Waals surface area (Å²) in [5, 5.41) is 9.14. The third-order valence-electron chi connectivity index (χ3n) is 2.60. The van der Waals surface area contributed by atoms with E-state index in [-0.39, 0.29) is 24.8 Å². The number of aliphatic hydroxyl groups is 1. The summed E-state index contributed by atoms with van der Waals surface area (Å²) >= 11 is 3.75. The standard InChI is InChI=1S/C6H11BO4S/c7-5-3-4(11-12)6(1-8,10-5)2-9-3/h3-5,8,12H,1-2,7H2/t3?,4?,5-,6+/m1/s1. The van der Waals surface area contributed by atoms with E-state index in [9.17, 15) is 0 Å². The highest BCUT2D eigenvalue weighted by atomic mass is 32.1. The summed E-state index contributed by atoms with van der Waals surface area (Å²) in [6.45, 7) is 0.308. The van der Waals surface area contributed by atoms with Crippen molar-refractivity contribution in [3.05, 3.63) is 0 Å². The van der Waals surface area contributed by atoms with Gasteiger partial charge in [-0.15, -0.1) is 0 Å². The maximum absolute atomic E-state index is 9.14. The van der Waals surface area contributed by atoms with Crippen molar-refractivity contribution in [2.45, 2.75) is 23.8 Å². The molecule has 2 fully saturated rings. The number of rotatable bonds is 2. The van der Waals surface area contributed by atoms with Crippen LogP contribution >= 0.6 is 12.9 Å². The molecule has 2 heterocycles. The van der Waals surface area contributed by atoms with E-state index in [1.807, 2.05) is 7.85 Å². The van der Waals surface area contributed by atoms with Gasteiger partial charge in [0.2, 0.25) is 0 Å². The van der Waals surface area contributed by atoms with Gasteiger partial charge in [0.05, 0.1) is 19.2 Å². The maximum Gasteiger partial charge on any atom is 0.144 e. The maximum atomic E-state index is 9.14. The number of hydrogen-bond donors (Lipinski definition) is 2. The van der Waals surface area contributed by atoms with Crippen LogP contribution in [0.5, 0.6) is 0 Å². The van der Waals surface area contributed by atoms with E-state index in [0.29, 0.717) is 6.61 Å². The molecule has 0 radical (unpaired) electrons. The molecule has 2 unspecified atom stereocenters. The summed E-state index contributed by atoms with van der Waals surface area (Å²) in [6.07, 6.45) is -0.338. The summed E-state index contributed by atoms with van der Waals surface area (Å²) in [4.78, 5) is 0. The predicted octanol–water partition coefficient (Wildman–Crippen LogP) is -1.66. The molecule has 2 saturated heterocycles. The van der Waals surface area contributed by atoms with Crippen molar-refractivity contribution >= 4 is 20.8 Å². The first-order chi connectivity index (χ1) is 5.73. The van der Waals surface area contributed by atoms with Gasteiger partial charge < -0.3 is 18.8 Å². The first-order valence-electron chi connectivity index (χ1n) is 3.94. The van der Waals surface area contributed by atoms with Crippen molar-refractivity contribution in [3.63, 3.8) is 0 Å². The van der Waals surface area contributed by atoms with Crippen molar-refractivity contribution in [1.29, 1.82) is 0 Å². The summed E-state index contributed by atoms with van der Waals surface area (Å²) in [5.74, 6) is 0. The molecule has 1 N–H and O–H groups in total. The first kappa shape index (κ1) is 8.84. The molecule has 0 amide bonds. The molecule has 0 saturated carbocycles. The van der Waals surface area contributed by atoms with Crippen molar-refractivity contribution in [2.24, 2.45) is 0 Å². The van der Waals surface area contributed by atoms with Crippen LogP contribution in [-0.4, -0.2) is 50.0 Å². The molecule has 2 bridgehead atoms. The minimum Gasteiger partial charge on any atom is -0.393 e. The van der Waals surface area contributed by atoms with Crippen LogP contribution in [0.1, 0.15) is 0 Å². The van der Waals surface area contributed by atoms with E-state index in [0.717, 1.165) is 0 Å². The number of aliphatic hydroxyl groups excluding tert-OH is 1. The van der Waals surface area contributed by atoms with Crippen molar-refractivity contribution in [3.8, 4) is 0 Å². The van der Waals surface area contributed by atoms with Gasteiger partial charge in [-0.3, -0.25) is 0 Å². The van der Waals surface area contributed by atoms with Gasteiger partial charge in [0.1, 0.15) is 25.7 Å². The summed E-state index contributed by atoms with van der Waals surface area (Å²) in [7, 11) is 1.90. The molecule has 68 valence electrons. The van der Waals surface area contributed by atoms with E-state index in [2.05, 4.69) is 12.9 Å². The van der Waals surface area contributed by atoms with E-state index in [4.69, 9.17) is 18.8 Å². The number of thiol groups is 1. The fourth-order valence-electron chi connectivity index (χ4n) is 1.96. The number of fused-ring (bicyclic) bond motifs is 2. The third kappa shape index (κ3) is 0.960. The molecule has 6 heteroatoms. The molecule has 2 aliphatic heterocycles. The second kappa shape index (κ2) is 2.89. The molecule has 4 nitrogen and oxygen atoms in total. The van der Waals surface area contributed by atoms with Crippen LogP contribution < -0.4 is 0 Å². The number of hydrogen-bond acceptors (Lipinski definition) is 5. The van der Waals surface area contributed by atoms with Gasteiger partial charge in [-0.1, -0.05) is 0 Å². The smallest absolute Gasteiger partial charge is 0.144 e. The Labute approximate surface area is 77.2 Å². The predicted molar refractivity (Wildman–Crippen MR) is 46.8 cm³/mol. The average molecular weight is 190 g/mol. The lowest BCUT2D eigenvalue weighted by Gasteiger charge is -2.27. The van der Waals surface area contributed by atoms with Gasteiger partial charge in [-0.05, 0) is 12.9 Å². The first-order valence-corrected chi connectivity index (χ1v) is 4.30. The van der Waals surface area contributed by atoms with Gasteiger partial charge in [-0.2, -0.15) is 0 Å². The second-order valence-corrected chi connectivity index (χ2v) is 3.56. The fourth-order valence-corrected chi connectivity index (χ4v) is 2.27. The van der Waals surface area contributed by atoms with Crippen LogP contribution in [0.3, 0.4) is 0 Å². The molecule has 0 aromatic heterocycles. The highest BCUT2D eigenvalue weighted by Gasteiger charge is 2.60.